The van der Waals surface area contributed by atoms with Crippen molar-refractivity contribution in [1.82, 2.24) is 4.90 Å². The molecule has 1 N–H and O–H groups in total. The van der Waals surface area contributed by atoms with Crippen molar-refractivity contribution in [3.8, 4) is 0 Å². The Morgan fingerprint density at radius 1 is 0.885 bits per heavy atom. The number of rotatable bonds is 3. The number of nitrogens with one attached hydrogen (secondary N) is 1. The number of nitrogens with zero attached hydrogens (tertiary/aromatic N) is 1. The maximum atomic E-state index is 12.6. The summed E-state index contributed by atoms with van der Waals surface area (Å²) >= 11 is 5.94. The van der Waals surface area contributed by atoms with Gasteiger partial charge in [0.15, 0.2) is 0 Å². The number of carbonyl (C=O) groups excluding carboxylic acids is 2. The summed E-state index contributed by atoms with van der Waals surface area (Å²) in [4.78, 5) is 26.2. The Bertz CT molecular complexity index is 891. The molecule has 0 unspecified atom stereocenters. The standard InChI is InChI=1S/C21H21ClN2O2/c1-21(2,3)14-7-11-16(12-8-14)23-18-17(19(25)24(4)20(18)26)13-5-9-15(22)10-6-13/h5-12,23H,1-4H3. The summed E-state index contributed by atoms with van der Waals surface area (Å²) in [6, 6.07) is 14.8. The molecule has 0 atom stereocenters. The van der Waals surface area contributed by atoms with Gasteiger partial charge in [-0.05, 0) is 40.8 Å². The fraction of sp³-hybridized carbons (Fsp3) is 0.238. The van der Waals surface area contributed by atoms with Gasteiger partial charge < -0.3 is 5.32 Å². The lowest BCUT2D eigenvalue weighted by molar-refractivity contribution is -0.135. The number of amides is 2. The van der Waals surface area contributed by atoms with E-state index in [1.165, 1.54) is 12.6 Å². The summed E-state index contributed by atoms with van der Waals surface area (Å²) in [5, 5.41) is 3.70. The molecule has 2 aromatic carbocycles. The molecule has 2 aromatic rings. The largest absolute Gasteiger partial charge is 0.350 e. The van der Waals surface area contributed by atoms with Gasteiger partial charge in [-0.3, -0.25) is 14.5 Å². The van der Waals surface area contributed by atoms with Crippen molar-refractivity contribution in [1.29, 1.82) is 0 Å². The first-order chi connectivity index (χ1) is 12.2. The quantitative estimate of drug-likeness (QED) is 0.814. The minimum Gasteiger partial charge on any atom is -0.350 e. The molecule has 26 heavy (non-hydrogen) atoms. The molecule has 0 aromatic heterocycles. The second kappa shape index (κ2) is 6.61. The van der Waals surface area contributed by atoms with Crippen LogP contribution in [0.4, 0.5) is 5.69 Å². The Hall–Kier alpha value is -2.59. The fourth-order valence-corrected chi connectivity index (χ4v) is 2.97. The molecule has 1 aliphatic rings. The molecule has 134 valence electrons. The van der Waals surface area contributed by atoms with Crippen molar-refractivity contribution in [2.75, 3.05) is 12.4 Å². The Labute approximate surface area is 158 Å². The summed E-state index contributed by atoms with van der Waals surface area (Å²) in [5.41, 5.74) is 3.30. The molecule has 0 spiro atoms. The number of hydrogen-bond acceptors (Lipinski definition) is 3. The van der Waals surface area contributed by atoms with Crippen molar-refractivity contribution >= 4 is 34.7 Å². The van der Waals surface area contributed by atoms with Crippen LogP contribution in [0.1, 0.15) is 31.9 Å². The van der Waals surface area contributed by atoms with Crippen LogP contribution in [0.25, 0.3) is 5.57 Å². The van der Waals surface area contributed by atoms with E-state index in [0.29, 0.717) is 16.2 Å². The molecule has 0 aliphatic carbocycles. The average Bonchev–Trinajstić information content (AvgIpc) is 2.80. The molecular weight excluding hydrogens is 348 g/mol. The number of halogens is 1. The van der Waals surface area contributed by atoms with Crippen LogP contribution in [-0.4, -0.2) is 23.8 Å². The first-order valence-corrected chi connectivity index (χ1v) is 8.76. The molecule has 4 nitrogen and oxygen atoms in total. The molecule has 0 bridgehead atoms. The van der Waals surface area contributed by atoms with Crippen LogP contribution < -0.4 is 5.32 Å². The first-order valence-electron chi connectivity index (χ1n) is 8.38. The predicted octanol–water partition coefficient (Wildman–Crippen LogP) is 4.46. The zero-order chi connectivity index (χ0) is 19.1. The minimum absolute atomic E-state index is 0.0472. The highest BCUT2D eigenvalue weighted by atomic mass is 35.5. The van der Waals surface area contributed by atoms with Crippen LogP contribution in [0.5, 0.6) is 0 Å². The fourth-order valence-electron chi connectivity index (χ4n) is 2.84. The maximum Gasteiger partial charge on any atom is 0.277 e. The molecule has 2 amide bonds. The summed E-state index contributed by atoms with van der Waals surface area (Å²) < 4.78 is 0. The molecule has 1 aliphatic heterocycles. The van der Waals surface area contributed by atoms with Crippen molar-refractivity contribution in [3.05, 3.63) is 70.4 Å². The molecule has 0 fully saturated rings. The number of carbonyl (C=O) groups is 2. The maximum absolute atomic E-state index is 12.6. The Balaban J connectivity index is 2.00. The first kappa shape index (κ1) is 18.2. The van der Waals surface area contributed by atoms with Crippen molar-refractivity contribution in [2.24, 2.45) is 0 Å². The number of anilines is 1. The number of likely N-dealkylation sites (N-methyl/N-ethyl adjacent to an activating group) is 1. The Morgan fingerprint density at radius 3 is 2.00 bits per heavy atom. The van der Waals surface area contributed by atoms with E-state index >= 15 is 0 Å². The third kappa shape index (κ3) is 3.37. The van der Waals surface area contributed by atoms with E-state index in [-0.39, 0.29) is 22.9 Å². The van der Waals surface area contributed by atoms with E-state index < -0.39 is 0 Å². The van der Waals surface area contributed by atoms with Gasteiger partial charge in [-0.25, -0.2) is 0 Å². The molecule has 3 rings (SSSR count). The molecule has 5 heteroatoms. The lowest BCUT2D eigenvalue weighted by Gasteiger charge is -2.19. The molecule has 0 saturated heterocycles. The minimum atomic E-state index is -0.347. The van der Waals surface area contributed by atoms with Crippen LogP contribution in [0.2, 0.25) is 5.02 Å². The van der Waals surface area contributed by atoms with Crippen molar-refractivity contribution in [3.63, 3.8) is 0 Å². The number of benzene rings is 2. The zero-order valence-electron chi connectivity index (χ0n) is 15.3. The zero-order valence-corrected chi connectivity index (χ0v) is 16.0. The second-order valence-electron chi connectivity index (χ2n) is 7.38. The molecule has 0 radical (unpaired) electrons. The van der Waals surface area contributed by atoms with Crippen LogP contribution in [0, 0.1) is 0 Å². The van der Waals surface area contributed by atoms with Gasteiger partial charge >= 0.3 is 0 Å². The summed E-state index contributed by atoms with van der Waals surface area (Å²) in [7, 11) is 1.48. The van der Waals surface area contributed by atoms with Gasteiger partial charge in [-0.2, -0.15) is 0 Å². The van der Waals surface area contributed by atoms with Gasteiger partial charge in [0.25, 0.3) is 11.8 Å². The average molecular weight is 369 g/mol. The van der Waals surface area contributed by atoms with E-state index in [9.17, 15) is 9.59 Å². The van der Waals surface area contributed by atoms with Gasteiger partial charge in [0, 0.05) is 17.8 Å². The van der Waals surface area contributed by atoms with E-state index in [1.807, 2.05) is 24.3 Å². The Morgan fingerprint density at radius 2 is 1.46 bits per heavy atom. The lowest BCUT2D eigenvalue weighted by Crippen LogP contribution is -2.27. The van der Waals surface area contributed by atoms with Crippen LogP contribution in [-0.2, 0) is 15.0 Å². The Kier molecular flexibility index (Phi) is 4.63. The summed E-state index contributed by atoms with van der Waals surface area (Å²) in [6.45, 7) is 6.43. The van der Waals surface area contributed by atoms with Crippen LogP contribution in [0.3, 0.4) is 0 Å². The summed E-state index contributed by atoms with van der Waals surface area (Å²) in [6.07, 6.45) is 0. The van der Waals surface area contributed by atoms with Gasteiger partial charge in [-0.15, -0.1) is 0 Å². The normalized spacial score (nSPS) is 15.0. The van der Waals surface area contributed by atoms with E-state index in [1.54, 1.807) is 24.3 Å². The van der Waals surface area contributed by atoms with E-state index in [0.717, 1.165) is 10.6 Å². The SMILES string of the molecule is CN1C(=O)C(Nc2ccc(C(C)(C)C)cc2)=C(c2ccc(Cl)cc2)C1=O. The topological polar surface area (TPSA) is 49.4 Å². The number of hydrogen-bond donors (Lipinski definition) is 1. The van der Waals surface area contributed by atoms with E-state index in [2.05, 4.69) is 26.1 Å². The summed E-state index contributed by atoms with van der Waals surface area (Å²) in [5.74, 6) is -0.675. The van der Waals surface area contributed by atoms with Gasteiger partial charge in [0.1, 0.15) is 5.70 Å². The van der Waals surface area contributed by atoms with Gasteiger partial charge in [-0.1, -0.05) is 56.6 Å². The highest BCUT2D eigenvalue weighted by Crippen LogP contribution is 2.31. The smallest absolute Gasteiger partial charge is 0.277 e. The highest BCUT2D eigenvalue weighted by Gasteiger charge is 2.36. The van der Waals surface area contributed by atoms with Crippen LogP contribution >= 0.6 is 11.6 Å². The third-order valence-corrected chi connectivity index (χ3v) is 4.69. The van der Waals surface area contributed by atoms with Crippen molar-refractivity contribution in [2.45, 2.75) is 26.2 Å². The number of imide groups is 1. The molecule has 1 heterocycles. The monoisotopic (exact) mass is 368 g/mol. The lowest BCUT2D eigenvalue weighted by atomic mass is 9.87. The molecular formula is C21H21ClN2O2. The molecule has 0 saturated carbocycles. The highest BCUT2D eigenvalue weighted by molar-refractivity contribution is 6.36. The van der Waals surface area contributed by atoms with Crippen LogP contribution in [0.15, 0.2) is 54.2 Å². The second-order valence-corrected chi connectivity index (χ2v) is 7.82. The third-order valence-electron chi connectivity index (χ3n) is 4.44. The predicted molar refractivity (Wildman–Crippen MR) is 105 cm³/mol. The van der Waals surface area contributed by atoms with Gasteiger partial charge in [0.05, 0.1) is 5.57 Å². The van der Waals surface area contributed by atoms with E-state index in [4.69, 9.17) is 11.6 Å². The van der Waals surface area contributed by atoms with Gasteiger partial charge in [0.2, 0.25) is 0 Å². The van der Waals surface area contributed by atoms with Crippen molar-refractivity contribution < 1.29 is 9.59 Å².